The fourth-order valence-electron chi connectivity index (χ4n) is 4.52. The van der Waals surface area contributed by atoms with Crippen molar-refractivity contribution < 1.29 is 4.79 Å². The zero-order valence-corrected chi connectivity index (χ0v) is 18.7. The van der Waals surface area contributed by atoms with E-state index in [1.165, 1.54) is 0 Å². The van der Waals surface area contributed by atoms with Gasteiger partial charge < -0.3 is 20.5 Å². The number of pyridine rings is 1. The van der Waals surface area contributed by atoms with Gasteiger partial charge in [-0.15, -0.1) is 5.10 Å². The van der Waals surface area contributed by atoms with Gasteiger partial charge in [0.15, 0.2) is 11.5 Å². The van der Waals surface area contributed by atoms with Gasteiger partial charge in [0.25, 0.3) is 0 Å². The fraction of sp³-hybridized carbons (Fsp3) is 0.409. The number of aryl methyl sites for hydroxylation is 1. The highest BCUT2D eigenvalue weighted by molar-refractivity contribution is 5.88. The normalized spacial score (nSPS) is 16.5. The summed E-state index contributed by atoms with van der Waals surface area (Å²) in [4.78, 5) is 27.4. The average molecular weight is 434 g/mol. The highest BCUT2D eigenvalue weighted by atomic mass is 16.2. The second-order valence-corrected chi connectivity index (χ2v) is 8.60. The molecule has 1 atom stereocenters. The highest BCUT2D eigenvalue weighted by Crippen LogP contribution is 2.30. The van der Waals surface area contributed by atoms with Gasteiger partial charge in [-0.25, -0.2) is 14.5 Å². The summed E-state index contributed by atoms with van der Waals surface area (Å²) >= 11 is 0. The lowest BCUT2D eigenvalue weighted by atomic mass is 10.2. The summed E-state index contributed by atoms with van der Waals surface area (Å²) in [6, 6.07) is 6.25. The third-order valence-corrected chi connectivity index (χ3v) is 6.01. The van der Waals surface area contributed by atoms with Crippen LogP contribution in [0.1, 0.15) is 39.1 Å². The number of nitrogens with zero attached hydrogens (tertiary/aromatic N) is 7. The lowest BCUT2D eigenvalue weighted by Gasteiger charge is -2.15. The molecule has 0 saturated carbocycles. The molecule has 1 aliphatic heterocycles. The number of likely N-dealkylation sites (tertiary alicyclic amines) is 1. The van der Waals surface area contributed by atoms with Crippen LogP contribution in [0.25, 0.3) is 27.9 Å². The van der Waals surface area contributed by atoms with Gasteiger partial charge in [-0.3, -0.25) is 4.79 Å². The van der Waals surface area contributed by atoms with Crippen molar-refractivity contribution in [2.75, 3.05) is 24.1 Å². The van der Waals surface area contributed by atoms with E-state index in [1.807, 2.05) is 36.2 Å². The van der Waals surface area contributed by atoms with Gasteiger partial charge in [0.2, 0.25) is 11.9 Å². The number of carbonyl (C=O) groups is 1. The van der Waals surface area contributed by atoms with Crippen LogP contribution in [0.5, 0.6) is 0 Å². The molecule has 0 bridgehead atoms. The number of amides is 1. The Morgan fingerprint density at radius 3 is 2.75 bits per heavy atom. The number of hydrogen-bond donors (Lipinski definition) is 2. The Bertz CT molecular complexity index is 1340. The standard InChI is InChI=1S/C22H27N9O/c1-12(2)31-13(3)24-18-6-5-17(26-21(18)31)16-8-10-30-19(16)20(23)27-22(28-30)25-15-7-9-29(11-15)14(4)32/h5-6,8,10,12,15H,7,9,11H2,1-4H3,(H3,23,25,27,28). The Hall–Kier alpha value is -3.69. The highest BCUT2D eigenvalue weighted by Gasteiger charge is 2.25. The van der Waals surface area contributed by atoms with Crippen LogP contribution in [-0.4, -0.2) is 59.1 Å². The molecule has 5 heterocycles. The smallest absolute Gasteiger partial charge is 0.243 e. The van der Waals surface area contributed by atoms with Gasteiger partial charge in [-0.1, -0.05) is 0 Å². The molecule has 1 amide bonds. The zero-order valence-electron chi connectivity index (χ0n) is 18.7. The number of hydrogen-bond acceptors (Lipinski definition) is 7. The molecule has 1 fully saturated rings. The molecular weight excluding hydrogens is 406 g/mol. The van der Waals surface area contributed by atoms with Crippen LogP contribution in [0, 0.1) is 6.92 Å². The second-order valence-electron chi connectivity index (χ2n) is 8.60. The maximum atomic E-state index is 11.6. The number of imidazole rings is 1. The molecule has 5 rings (SSSR count). The average Bonchev–Trinajstić information content (AvgIpc) is 3.43. The van der Waals surface area contributed by atoms with E-state index in [0.717, 1.165) is 41.2 Å². The Morgan fingerprint density at radius 1 is 1.22 bits per heavy atom. The molecule has 0 aromatic carbocycles. The van der Waals surface area contributed by atoms with Gasteiger partial charge in [-0.2, -0.15) is 4.98 Å². The quantitative estimate of drug-likeness (QED) is 0.508. The van der Waals surface area contributed by atoms with E-state index in [1.54, 1.807) is 11.4 Å². The van der Waals surface area contributed by atoms with Crippen LogP contribution in [0.2, 0.25) is 0 Å². The molecule has 4 aromatic heterocycles. The Morgan fingerprint density at radius 2 is 2.03 bits per heavy atom. The van der Waals surface area contributed by atoms with Crippen molar-refractivity contribution >= 4 is 34.4 Å². The summed E-state index contributed by atoms with van der Waals surface area (Å²) in [7, 11) is 0. The molecular formula is C22H27N9O. The van der Waals surface area contributed by atoms with Crippen LogP contribution in [0.3, 0.4) is 0 Å². The van der Waals surface area contributed by atoms with E-state index < -0.39 is 0 Å². The van der Waals surface area contributed by atoms with Crippen LogP contribution in [0.15, 0.2) is 24.4 Å². The lowest BCUT2D eigenvalue weighted by molar-refractivity contribution is -0.127. The molecule has 0 spiro atoms. The third kappa shape index (κ3) is 3.31. The minimum Gasteiger partial charge on any atom is -0.382 e. The van der Waals surface area contributed by atoms with Crippen LogP contribution >= 0.6 is 0 Å². The van der Waals surface area contributed by atoms with E-state index in [2.05, 4.69) is 38.8 Å². The second kappa shape index (κ2) is 7.47. The molecule has 3 N–H and O–H groups in total. The summed E-state index contributed by atoms with van der Waals surface area (Å²) in [5.74, 6) is 1.85. The van der Waals surface area contributed by atoms with E-state index in [0.29, 0.717) is 23.8 Å². The molecule has 166 valence electrons. The van der Waals surface area contributed by atoms with Gasteiger partial charge in [0, 0.05) is 43.9 Å². The molecule has 0 radical (unpaired) electrons. The number of nitrogens with one attached hydrogen (secondary N) is 1. The molecule has 32 heavy (non-hydrogen) atoms. The summed E-state index contributed by atoms with van der Waals surface area (Å²) < 4.78 is 3.86. The monoisotopic (exact) mass is 433 g/mol. The van der Waals surface area contributed by atoms with Gasteiger partial charge in [0.1, 0.15) is 16.9 Å². The predicted octanol–water partition coefficient (Wildman–Crippen LogP) is 2.65. The van der Waals surface area contributed by atoms with Gasteiger partial charge >= 0.3 is 0 Å². The largest absolute Gasteiger partial charge is 0.382 e. The predicted molar refractivity (Wildman–Crippen MR) is 123 cm³/mol. The minimum atomic E-state index is 0.0821. The Kier molecular flexibility index (Phi) is 4.72. The van der Waals surface area contributed by atoms with Crippen LogP contribution in [0.4, 0.5) is 11.8 Å². The first kappa shape index (κ1) is 20.2. The third-order valence-electron chi connectivity index (χ3n) is 6.01. The first-order chi connectivity index (χ1) is 15.3. The van der Waals surface area contributed by atoms with Crippen molar-refractivity contribution in [1.29, 1.82) is 0 Å². The number of carbonyl (C=O) groups excluding carboxylic acids is 1. The van der Waals surface area contributed by atoms with E-state index in [4.69, 9.17) is 10.7 Å². The first-order valence-corrected chi connectivity index (χ1v) is 10.8. The van der Waals surface area contributed by atoms with Crippen LogP contribution < -0.4 is 11.1 Å². The minimum absolute atomic E-state index is 0.0821. The Balaban J connectivity index is 1.50. The molecule has 1 saturated heterocycles. The lowest BCUT2D eigenvalue weighted by Crippen LogP contribution is -2.30. The van der Waals surface area contributed by atoms with Crippen molar-refractivity contribution in [3.8, 4) is 11.3 Å². The van der Waals surface area contributed by atoms with Gasteiger partial charge in [0.05, 0.1) is 5.69 Å². The van der Waals surface area contributed by atoms with Crippen molar-refractivity contribution in [2.45, 2.75) is 46.2 Å². The number of anilines is 2. The summed E-state index contributed by atoms with van der Waals surface area (Å²) in [6.07, 6.45) is 2.71. The molecule has 1 aliphatic rings. The summed E-state index contributed by atoms with van der Waals surface area (Å²) in [5, 5.41) is 7.90. The van der Waals surface area contributed by atoms with Gasteiger partial charge in [-0.05, 0) is 45.4 Å². The van der Waals surface area contributed by atoms with Crippen molar-refractivity contribution in [3.05, 3.63) is 30.2 Å². The maximum Gasteiger partial charge on any atom is 0.243 e. The maximum absolute atomic E-state index is 11.6. The van der Waals surface area contributed by atoms with E-state index in [-0.39, 0.29) is 18.0 Å². The summed E-state index contributed by atoms with van der Waals surface area (Å²) in [5.41, 5.74) is 10.5. The Labute approximate surface area is 185 Å². The number of aromatic nitrogens is 6. The number of rotatable bonds is 4. The molecule has 4 aromatic rings. The molecule has 10 heteroatoms. The first-order valence-electron chi connectivity index (χ1n) is 10.8. The summed E-state index contributed by atoms with van der Waals surface area (Å²) in [6.45, 7) is 9.20. The molecule has 10 nitrogen and oxygen atoms in total. The molecule has 0 aliphatic carbocycles. The van der Waals surface area contributed by atoms with Crippen molar-refractivity contribution in [2.24, 2.45) is 0 Å². The van der Waals surface area contributed by atoms with E-state index in [9.17, 15) is 4.79 Å². The zero-order chi connectivity index (χ0) is 22.6. The SMILES string of the molecule is CC(=O)N1CCC(Nc2nc(N)c3c(-c4ccc5nc(C)n(C(C)C)c5n4)ccn3n2)C1. The van der Waals surface area contributed by atoms with Crippen molar-refractivity contribution in [3.63, 3.8) is 0 Å². The van der Waals surface area contributed by atoms with E-state index >= 15 is 0 Å². The number of nitrogens with two attached hydrogens (primary N) is 1. The number of fused-ring (bicyclic) bond motifs is 2. The number of nitrogen functional groups attached to an aromatic ring is 1. The fourth-order valence-corrected chi connectivity index (χ4v) is 4.52. The van der Waals surface area contributed by atoms with Crippen LogP contribution in [-0.2, 0) is 4.79 Å². The topological polar surface area (TPSA) is 119 Å². The molecule has 1 unspecified atom stereocenters. The van der Waals surface area contributed by atoms with Crippen molar-refractivity contribution in [1.82, 2.24) is 34.0 Å².